The van der Waals surface area contributed by atoms with Crippen LogP contribution in [0.1, 0.15) is 17.5 Å². The Balaban J connectivity index is 2.07. The highest BCUT2D eigenvalue weighted by atomic mass is 16.6. The first-order chi connectivity index (χ1) is 11.2. The molecule has 4 aromatic rings. The first kappa shape index (κ1) is 12.6. The van der Waals surface area contributed by atoms with Gasteiger partial charge in [0.15, 0.2) is 0 Å². The number of nitro benzene ring substituents is 1. The fraction of sp³-hybridized carbons (Fsp3) is 0.100. The molecule has 3 nitrogen and oxygen atoms in total. The van der Waals surface area contributed by atoms with Crippen molar-refractivity contribution in [2.24, 2.45) is 0 Å². The van der Waals surface area contributed by atoms with Gasteiger partial charge in [-0.1, -0.05) is 30.4 Å². The monoisotopic (exact) mass is 299 g/mol. The molecule has 0 N–H and O–H groups in total. The van der Waals surface area contributed by atoms with Crippen LogP contribution in [-0.2, 0) is 6.42 Å². The maximum absolute atomic E-state index is 11.4. The fourth-order valence-corrected chi connectivity index (χ4v) is 3.97. The molecule has 0 heterocycles. The molecule has 0 fully saturated rings. The van der Waals surface area contributed by atoms with Crippen LogP contribution in [-0.4, -0.2) is 4.92 Å². The SMILES string of the molecule is O=[N+]([O-])c1ccc2ccc3c4c(cc5ccc1c2c53)C=CCC4. The maximum atomic E-state index is 11.4. The molecule has 3 heteroatoms. The molecule has 1 aliphatic carbocycles. The van der Waals surface area contributed by atoms with E-state index < -0.39 is 0 Å². The van der Waals surface area contributed by atoms with Crippen LogP contribution in [0.5, 0.6) is 0 Å². The Bertz CT molecular complexity index is 1140. The van der Waals surface area contributed by atoms with Crippen molar-refractivity contribution < 1.29 is 4.92 Å². The molecule has 23 heavy (non-hydrogen) atoms. The van der Waals surface area contributed by atoms with Crippen molar-refractivity contribution >= 4 is 44.1 Å². The van der Waals surface area contributed by atoms with Crippen molar-refractivity contribution in [2.45, 2.75) is 12.8 Å². The third-order valence-corrected chi connectivity index (χ3v) is 4.96. The second kappa shape index (κ2) is 4.29. The van der Waals surface area contributed by atoms with Gasteiger partial charge in [-0.05, 0) is 63.7 Å². The summed E-state index contributed by atoms with van der Waals surface area (Å²) in [7, 11) is 0. The van der Waals surface area contributed by atoms with E-state index in [1.807, 2.05) is 18.2 Å². The number of rotatable bonds is 1. The van der Waals surface area contributed by atoms with E-state index in [1.165, 1.54) is 16.5 Å². The minimum atomic E-state index is -0.288. The summed E-state index contributed by atoms with van der Waals surface area (Å²) in [5.41, 5.74) is 2.82. The lowest BCUT2D eigenvalue weighted by atomic mass is 9.86. The number of allylic oxidation sites excluding steroid dienone is 1. The summed E-state index contributed by atoms with van der Waals surface area (Å²) in [5.74, 6) is 0. The first-order valence-electron chi connectivity index (χ1n) is 7.78. The van der Waals surface area contributed by atoms with E-state index in [9.17, 15) is 10.1 Å². The number of fused-ring (bicyclic) bond motifs is 2. The van der Waals surface area contributed by atoms with Crippen LogP contribution in [0.4, 0.5) is 5.69 Å². The molecule has 0 aliphatic heterocycles. The highest BCUT2D eigenvalue weighted by molar-refractivity contribution is 6.25. The molecule has 0 saturated carbocycles. The van der Waals surface area contributed by atoms with Crippen molar-refractivity contribution in [1.29, 1.82) is 0 Å². The highest BCUT2D eigenvalue weighted by Gasteiger charge is 2.19. The third-order valence-electron chi connectivity index (χ3n) is 4.96. The summed E-state index contributed by atoms with van der Waals surface area (Å²) < 4.78 is 0. The molecule has 4 aromatic carbocycles. The lowest BCUT2D eigenvalue weighted by Gasteiger charge is -2.18. The number of aryl methyl sites for hydroxylation is 1. The molecular formula is C20H13NO2. The van der Waals surface area contributed by atoms with Crippen molar-refractivity contribution in [3.63, 3.8) is 0 Å². The lowest BCUT2D eigenvalue weighted by Crippen LogP contribution is -1.98. The quantitative estimate of drug-likeness (QED) is 0.266. The van der Waals surface area contributed by atoms with Crippen LogP contribution in [0.3, 0.4) is 0 Å². The Labute approximate surface area is 132 Å². The molecule has 0 unspecified atom stereocenters. The largest absolute Gasteiger partial charge is 0.277 e. The Kier molecular flexibility index (Phi) is 2.35. The predicted octanol–water partition coefficient (Wildman–Crippen LogP) is 5.45. The van der Waals surface area contributed by atoms with Crippen LogP contribution in [0.15, 0.2) is 48.5 Å². The van der Waals surface area contributed by atoms with Crippen LogP contribution in [0.25, 0.3) is 38.4 Å². The van der Waals surface area contributed by atoms with Gasteiger partial charge in [0.05, 0.1) is 10.3 Å². The molecule has 5 rings (SSSR count). The van der Waals surface area contributed by atoms with Crippen molar-refractivity contribution in [3.05, 3.63) is 69.8 Å². The van der Waals surface area contributed by atoms with Gasteiger partial charge in [0, 0.05) is 11.5 Å². The van der Waals surface area contributed by atoms with Gasteiger partial charge in [0.1, 0.15) is 0 Å². The summed E-state index contributed by atoms with van der Waals surface area (Å²) in [4.78, 5) is 11.1. The molecule has 0 spiro atoms. The van der Waals surface area contributed by atoms with Gasteiger partial charge in [-0.15, -0.1) is 0 Å². The molecule has 0 radical (unpaired) electrons. The van der Waals surface area contributed by atoms with Gasteiger partial charge >= 0.3 is 0 Å². The number of benzene rings is 4. The number of hydrogen-bond acceptors (Lipinski definition) is 2. The Morgan fingerprint density at radius 1 is 0.913 bits per heavy atom. The second-order valence-corrected chi connectivity index (χ2v) is 6.15. The lowest BCUT2D eigenvalue weighted by molar-refractivity contribution is -0.383. The van der Waals surface area contributed by atoms with Gasteiger partial charge < -0.3 is 0 Å². The molecule has 0 bridgehead atoms. The predicted molar refractivity (Wildman–Crippen MR) is 94.2 cm³/mol. The average molecular weight is 299 g/mol. The molecular weight excluding hydrogens is 286 g/mol. The van der Waals surface area contributed by atoms with E-state index in [1.54, 1.807) is 6.07 Å². The number of nitrogens with zero attached hydrogens (tertiary/aromatic N) is 1. The zero-order valence-electron chi connectivity index (χ0n) is 12.4. The smallest absolute Gasteiger partial charge is 0.258 e. The average Bonchev–Trinajstić information content (AvgIpc) is 2.58. The molecule has 0 aromatic heterocycles. The second-order valence-electron chi connectivity index (χ2n) is 6.15. The molecule has 1 aliphatic rings. The Hall–Kier alpha value is -2.94. The first-order valence-corrected chi connectivity index (χ1v) is 7.78. The van der Waals surface area contributed by atoms with Gasteiger partial charge in [-0.25, -0.2) is 0 Å². The molecule has 0 amide bonds. The van der Waals surface area contributed by atoms with Crippen LogP contribution in [0.2, 0.25) is 0 Å². The van der Waals surface area contributed by atoms with E-state index in [0.29, 0.717) is 0 Å². The van der Waals surface area contributed by atoms with Gasteiger partial charge in [0.2, 0.25) is 0 Å². The van der Waals surface area contributed by atoms with E-state index >= 15 is 0 Å². The van der Waals surface area contributed by atoms with Crippen LogP contribution in [0, 0.1) is 10.1 Å². The zero-order chi connectivity index (χ0) is 15.6. The minimum absolute atomic E-state index is 0.185. The number of nitro groups is 1. The summed E-state index contributed by atoms with van der Waals surface area (Å²) in [6.07, 6.45) is 6.49. The van der Waals surface area contributed by atoms with Crippen molar-refractivity contribution in [1.82, 2.24) is 0 Å². The van der Waals surface area contributed by atoms with Crippen molar-refractivity contribution in [2.75, 3.05) is 0 Å². The van der Waals surface area contributed by atoms with Crippen LogP contribution < -0.4 is 0 Å². The van der Waals surface area contributed by atoms with E-state index in [2.05, 4.69) is 30.4 Å². The maximum Gasteiger partial charge on any atom is 0.277 e. The normalized spacial score (nSPS) is 13.9. The zero-order valence-corrected chi connectivity index (χ0v) is 12.4. The topological polar surface area (TPSA) is 43.1 Å². The number of non-ortho nitro benzene ring substituents is 1. The summed E-state index contributed by atoms with van der Waals surface area (Å²) >= 11 is 0. The van der Waals surface area contributed by atoms with Crippen molar-refractivity contribution in [3.8, 4) is 0 Å². The van der Waals surface area contributed by atoms with Gasteiger partial charge in [-0.3, -0.25) is 10.1 Å². The van der Waals surface area contributed by atoms with Gasteiger partial charge in [0.25, 0.3) is 5.69 Å². The molecule has 110 valence electrons. The standard InChI is InChI=1S/C20H13NO2/c22-21(23)18-10-7-12-5-8-16-15-4-2-1-3-13(15)11-14-6-9-17(18)19(12)20(14)16/h1,3,5-11H,2,4H2. The van der Waals surface area contributed by atoms with E-state index in [4.69, 9.17) is 0 Å². The summed E-state index contributed by atoms with van der Waals surface area (Å²) in [5, 5.41) is 17.8. The van der Waals surface area contributed by atoms with Gasteiger partial charge in [-0.2, -0.15) is 0 Å². The summed E-state index contributed by atoms with van der Waals surface area (Å²) in [6.45, 7) is 0. The fourth-order valence-electron chi connectivity index (χ4n) is 3.97. The highest BCUT2D eigenvalue weighted by Crippen LogP contribution is 2.41. The Morgan fingerprint density at radius 2 is 1.65 bits per heavy atom. The van der Waals surface area contributed by atoms with E-state index in [0.717, 1.165) is 39.8 Å². The molecule has 0 saturated heterocycles. The molecule has 0 atom stereocenters. The number of hydrogen-bond donors (Lipinski definition) is 0. The van der Waals surface area contributed by atoms with Crippen LogP contribution >= 0.6 is 0 Å². The Morgan fingerprint density at radius 3 is 2.52 bits per heavy atom. The minimum Gasteiger partial charge on any atom is -0.258 e. The van der Waals surface area contributed by atoms with E-state index in [-0.39, 0.29) is 10.6 Å². The third kappa shape index (κ3) is 1.59. The summed E-state index contributed by atoms with van der Waals surface area (Å²) in [6, 6.07) is 13.9.